The van der Waals surface area contributed by atoms with Gasteiger partial charge in [-0.25, -0.2) is 4.79 Å². The first-order chi connectivity index (χ1) is 10.0. The summed E-state index contributed by atoms with van der Waals surface area (Å²) in [4.78, 5) is 11.8. The van der Waals surface area contributed by atoms with E-state index in [0.29, 0.717) is 5.75 Å². The highest BCUT2D eigenvalue weighted by atomic mass is 28.4. The number of hydrogen-bond acceptors (Lipinski definition) is 2. The van der Waals surface area contributed by atoms with Crippen LogP contribution in [0.15, 0.2) is 30.3 Å². The second kappa shape index (κ2) is 5.43. The number of carboxylic acid groups (broad SMARTS) is 1. The van der Waals surface area contributed by atoms with Crippen LogP contribution in [0.1, 0.15) is 36.7 Å². The third kappa shape index (κ3) is 2.88. The van der Waals surface area contributed by atoms with Crippen LogP contribution in [0.5, 0.6) is 5.75 Å². The van der Waals surface area contributed by atoms with Gasteiger partial charge in [-0.05, 0) is 36.0 Å². The van der Waals surface area contributed by atoms with Gasteiger partial charge in [-0.1, -0.05) is 51.1 Å². The number of carboxylic acids is 1. The quantitative estimate of drug-likeness (QED) is 0.789. The lowest BCUT2D eigenvalue weighted by atomic mass is 10.0. The zero-order chi connectivity index (χ0) is 16.7. The fourth-order valence-electron chi connectivity index (χ4n) is 2.23. The SMILES string of the molecule is Cc1cc2ccccc2c(O[Si](C)(C)C(C)(C)C)c1C(=O)O. The molecule has 0 aromatic heterocycles. The Morgan fingerprint density at radius 1 is 1.18 bits per heavy atom. The van der Waals surface area contributed by atoms with Crippen LogP contribution >= 0.6 is 0 Å². The predicted octanol–water partition coefficient (Wildman–Crippen LogP) is 5.23. The van der Waals surface area contributed by atoms with Crippen LogP contribution in [0.25, 0.3) is 10.8 Å². The van der Waals surface area contributed by atoms with Gasteiger partial charge in [0.1, 0.15) is 11.3 Å². The molecule has 0 aliphatic carbocycles. The molecule has 0 spiro atoms. The molecule has 0 amide bonds. The molecule has 0 aliphatic rings. The van der Waals surface area contributed by atoms with Crippen molar-refractivity contribution in [2.75, 3.05) is 0 Å². The van der Waals surface area contributed by atoms with Crippen molar-refractivity contribution in [3.05, 3.63) is 41.5 Å². The van der Waals surface area contributed by atoms with E-state index in [1.807, 2.05) is 37.3 Å². The van der Waals surface area contributed by atoms with Crippen LogP contribution < -0.4 is 4.43 Å². The van der Waals surface area contributed by atoms with Gasteiger partial charge >= 0.3 is 5.97 Å². The standard InChI is InChI=1S/C18H24O3Si/c1-12-11-13-9-7-8-10-14(13)16(15(12)17(19)20)21-22(5,6)18(2,3)4/h7-11H,1-6H3,(H,19,20). The maximum Gasteiger partial charge on any atom is 0.339 e. The Balaban J connectivity index is 2.75. The zero-order valence-corrected chi connectivity index (χ0v) is 15.2. The van der Waals surface area contributed by atoms with Crippen LogP contribution in [0, 0.1) is 6.92 Å². The molecule has 4 heteroatoms. The van der Waals surface area contributed by atoms with Gasteiger partial charge in [0.05, 0.1) is 0 Å². The van der Waals surface area contributed by atoms with E-state index in [4.69, 9.17) is 4.43 Å². The summed E-state index contributed by atoms with van der Waals surface area (Å²) in [6.45, 7) is 12.5. The summed E-state index contributed by atoms with van der Waals surface area (Å²) in [6.07, 6.45) is 0. The minimum Gasteiger partial charge on any atom is -0.543 e. The minimum atomic E-state index is -2.13. The first kappa shape index (κ1) is 16.6. The molecule has 0 fully saturated rings. The monoisotopic (exact) mass is 316 g/mol. The van der Waals surface area contributed by atoms with E-state index < -0.39 is 14.3 Å². The molecular formula is C18H24O3Si. The van der Waals surface area contributed by atoms with Gasteiger partial charge in [0.2, 0.25) is 0 Å². The third-order valence-corrected chi connectivity index (χ3v) is 8.90. The Morgan fingerprint density at radius 3 is 2.32 bits per heavy atom. The number of fused-ring (bicyclic) bond motifs is 1. The van der Waals surface area contributed by atoms with Crippen LogP contribution in [0.2, 0.25) is 18.1 Å². The molecule has 2 aromatic rings. The molecule has 0 unspecified atom stereocenters. The van der Waals surface area contributed by atoms with Gasteiger partial charge in [0.15, 0.2) is 0 Å². The van der Waals surface area contributed by atoms with E-state index in [1.54, 1.807) is 0 Å². The van der Waals surface area contributed by atoms with Gasteiger partial charge in [0.25, 0.3) is 8.32 Å². The number of hydrogen-bond donors (Lipinski definition) is 1. The Bertz CT molecular complexity index is 727. The van der Waals surface area contributed by atoms with E-state index >= 15 is 0 Å². The van der Waals surface area contributed by atoms with E-state index in [9.17, 15) is 9.90 Å². The zero-order valence-electron chi connectivity index (χ0n) is 14.2. The van der Waals surface area contributed by atoms with Crippen LogP contribution in [0.4, 0.5) is 0 Å². The average molecular weight is 316 g/mol. The topological polar surface area (TPSA) is 46.5 Å². The fraction of sp³-hybridized carbons (Fsp3) is 0.389. The number of aryl methyl sites for hydroxylation is 1. The highest BCUT2D eigenvalue weighted by Crippen LogP contribution is 2.41. The highest BCUT2D eigenvalue weighted by molar-refractivity contribution is 6.74. The van der Waals surface area contributed by atoms with E-state index in [1.165, 1.54) is 0 Å². The molecule has 0 heterocycles. The van der Waals surface area contributed by atoms with Crippen molar-refractivity contribution in [2.24, 2.45) is 0 Å². The van der Waals surface area contributed by atoms with Crippen molar-refractivity contribution in [1.29, 1.82) is 0 Å². The Labute approximate surface area is 133 Å². The van der Waals surface area contributed by atoms with Crippen LogP contribution in [-0.4, -0.2) is 19.4 Å². The number of benzene rings is 2. The smallest absolute Gasteiger partial charge is 0.339 e. The highest BCUT2D eigenvalue weighted by Gasteiger charge is 2.40. The van der Waals surface area contributed by atoms with Crippen molar-refractivity contribution in [1.82, 2.24) is 0 Å². The molecule has 0 saturated heterocycles. The number of carbonyl (C=O) groups is 1. The molecule has 2 rings (SSSR count). The van der Waals surface area contributed by atoms with Gasteiger partial charge < -0.3 is 9.53 Å². The van der Waals surface area contributed by atoms with Gasteiger partial charge in [-0.2, -0.15) is 0 Å². The third-order valence-electron chi connectivity index (χ3n) is 4.58. The maximum absolute atomic E-state index is 11.8. The normalized spacial score (nSPS) is 12.5. The average Bonchev–Trinajstić information content (AvgIpc) is 2.36. The largest absolute Gasteiger partial charge is 0.543 e. The molecule has 0 radical (unpaired) electrons. The Morgan fingerprint density at radius 2 is 1.77 bits per heavy atom. The molecule has 118 valence electrons. The molecule has 1 N–H and O–H groups in total. The second-order valence-electron chi connectivity index (χ2n) is 7.29. The molecule has 0 atom stereocenters. The first-order valence-corrected chi connectivity index (χ1v) is 10.4. The lowest BCUT2D eigenvalue weighted by Gasteiger charge is -2.37. The van der Waals surface area contributed by atoms with Gasteiger partial charge in [-0.15, -0.1) is 0 Å². The number of aromatic carboxylic acids is 1. The summed E-state index contributed by atoms with van der Waals surface area (Å²) in [5, 5.41) is 11.5. The molecule has 0 saturated carbocycles. The summed E-state index contributed by atoms with van der Waals surface area (Å²) >= 11 is 0. The number of rotatable bonds is 3. The second-order valence-corrected chi connectivity index (χ2v) is 12.0. The Hall–Kier alpha value is -1.81. The first-order valence-electron chi connectivity index (χ1n) is 7.49. The maximum atomic E-state index is 11.8. The molecule has 22 heavy (non-hydrogen) atoms. The summed E-state index contributed by atoms with van der Waals surface area (Å²) in [7, 11) is -2.13. The predicted molar refractivity (Wildman–Crippen MR) is 93.5 cm³/mol. The van der Waals surface area contributed by atoms with E-state index in [-0.39, 0.29) is 10.6 Å². The lowest BCUT2D eigenvalue weighted by molar-refractivity contribution is 0.0694. The van der Waals surface area contributed by atoms with Gasteiger partial charge in [-0.3, -0.25) is 0 Å². The van der Waals surface area contributed by atoms with E-state index in [2.05, 4.69) is 33.9 Å². The fourth-order valence-corrected chi connectivity index (χ4v) is 3.26. The molecule has 0 bridgehead atoms. The minimum absolute atomic E-state index is 0.00756. The molecule has 2 aromatic carbocycles. The summed E-state index contributed by atoms with van der Waals surface area (Å²) in [5.74, 6) is -0.411. The van der Waals surface area contributed by atoms with Crippen molar-refractivity contribution in [3.8, 4) is 5.75 Å². The van der Waals surface area contributed by atoms with Crippen molar-refractivity contribution in [2.45, 2.75) is 45.8 Å². The summed E-state index contributed by atoms with van der Waals surface area (Å²) in [5.41, 5.74) is 1.02. The molecular weight excluding hydrogens is 292 g/mol. The lowest BCUT2D eigenvalue weighted by Crippen LogP contribution is -2.44. The molecule has 0 aliphatic heterocycles. The van der Waals surface area contributed by atoms with Crippen molar-refractivity contribution < 1.29 is 14.3 Å². The van der Waals surface area contributed by atoms with Gasteiger partial charge in [0, 0.05) is 5.39 Å². The van der Waals surface area contributed by atoms with E-state index in [0.717, 1.165) is 16.3 Å². The van der Waals surface area contributed by atoms with Crippen molar-refractivity contribution in [3.63, 3.8) is 0 Å². The van der Waals surface area contributed by atoms with Crippen LogP contribution in [0.3, 0.4) is 0 Å². The molecule has 3 nitrogen and oxygen atoms in total. The Kier molecular flexibility index (Phi) is 4.09. The van der Waals surface area contributed by atoms with Crippen molar-refractivity contribution >= 4 is 25.1 Å². The summed E-state index contributed by atoms with van der Waals surface area (Å²) in [6, 6.07) is 9.72. The summed E-state index contributed by atoms with van der Waals surface area (Å²) < 4.78 is 6.41. The van der Waals surface area contributed by atoms with Crippen LogP contribution in [-0.2, 0) is 0 Å².